The van der Waals surface area contributed by atoms with Crippen molar-refractivity contribution in [1.29, 1.82) is 0 Å². The predicted molar refractivity (Wildman–Crippen MR) is 76.8 cm³/mol. The van der Waals surface area contributed by atoms with E-state index in [1.54, 1.807) is 0 Å². The highest BCUT2D eigenvalue weighted by atomic mass is 35.5. The molecule has 0 aromatic heterocycles. The fourth-order valence-corrected chi connectivity index (χ4v) is 4.70. The maximum atomic E-state index is 13.7. The third-order valence-electron chi connectivity index (χ3n) is 4.18. The van der Waals surface area contributed by atoms with E-state index in [0.717, 1.165) is 37.7 Å². The van der Waals surface area contributed by atoms with Crippen molar-refractivity contribution in [3.63, 3.8) is 0 Å². The molecule has 2 aliphatic heterocycles. The monoisotopic (exact) mass is 338 g/mol. The molecule has 2 aliphatic rings. The Labute approximate surface area is 129 Å². The van der Waals surface area contributed by atoms with Crippen LogP contribution in [-0.2, 0) is 10.0 Å². The third-order valence-corrected chi connectivity index (χ3v) is 6.10. The summed E-state index contributed by atoms with van der Waals surface area (Å²) in [5, 5.41) is 3.23. The van der Waals surface area contributed by atoms with Crippen LogP contribution in [0.1, 0.15) is 6.42 Å². The third kappa shape index (κ3) is 2.92. The van der Waals surface area contributed by atoms with E-state index in [2.05, 4.69) is 5.32 Å². The van der Waals surface area contributed by atoms with Gasteiger partial charge in [0, 0.05) is 13.1 Å². The zero-order valence-electron chi connectivity index (χ0n) is 11.3. The Morgan fingerprint density at radius 3 is 2.43 bits per heavy atom. The first-order chi connectivity index (χ1) is 9.50. The second-order valence-corrected chi connectivity index (χ2v) is 7.26. The van der Waals surface area contributed by atoms with E-state index < -0.39 is 26.6 Å². The Balaban J connectivity index is 0.00000161. The van der Waals surface area contributed by atoms with Gasteiger partial charge in [-0.2, -0.15) is 4.31 Å². The van der Waals surface area contributed by atoms with Crippen LogP contribution >= 0.6 is 12.4 Å². The lowest BCUT2D eigenvalue weighted by molar-refractivity contribution is 0.227. The molecule has 8 heteroatoms. The number of rotatable bonds is 2. The average Bonchev–Trinajstić information content (AvgIpc) is 2.85. The molecule has 2 atom stereocenters. The Hall–Kier alpha value is -0.760. The number of benzene rings is 1. The van der Waals surface area contributed by atoms with Crippen LogP contribution in [0.5, 0.6) is 0 Å². The van der Waals surface area contributed by atoms with Crippen LogP contribution in [0.15, 0.2) is 23.1 Å². The molecule has 0 amide bonds. The molecule has 1 N–H and O–H groups in total. The fourth-order valence-electron chi connectivity index (χ4n) is 3.08. The van der Waals surface area contributed by atoms with Crippen LogP contribution in [0.2, 0.25) is 0 Å². The first kappa shape index (κ1) is 16.6. The van der Waals surface area contributed by atoms with Crippen molar-refractivity contribution in [2.75, 3.05) is 26.2 Å². The molecule has 2 heterocycles. The largest absolute Gasteiger partial charge is 0.316 e. The number of hydrogen-bond donors (Lipinski definition) is 1. The van der Waals surface area contributed by atoms with E-state index in [1.165, 1.54) is 4.31 Å². The second kappa shape index (κ2) is 6.16. The van der Waals surface area contributed by atoms with Crippen molar-refractivity contribution >= 4 is 22.4 Å². The molecule has 0 radical (unpaired) electrons. The molecular formula is C13H17ClF2N2O2S. The smallest absolute Gasteiger partial charge is 0.248 e. The van der Waals surface area contributed by atoms with Gasteiger partial charge >= 0.3 is 0 Å². The number of hydrogen-bond acceptors (Lipinski definition) is 3. The van der Waals surface area contributed by atoms with Crippen LogP contribution in [0.3, 0.4) is 0 Å². The zero-order valence-corrected chi connectivity index (χ0v) is 12.9. The number of halogens is 3. The molecule has 0 spiro atoms. The molecule has 0 aliphatic carbocycles. The van der Waals surface area contributed by atoms with E-state index in [4.69, 9.17) is 0 Å². The first-order valence-electron chi connectivity index (χ1n) is 6.65. The first-order valence-corrected chi connectivity index (χ1v) is 8.09. The molecule has 3 rings (SSSR count). The highest BCUT2D eigenvalue weighted by Crippen LogP contribution is 2.31. The Morgan fingerprint density at radius 2 is 1.76 bits per heavy atom. The van der Waals surface area contributed by atoms with Crippen molar-refractivity contribution in [3.8, 4) is 0 Å². The van der Waals surface area contributed by atoms with Crippen LogP contribution < -0.4 is 5.32 Å². The summed E-state index contributed by atoms with van der Waals surface area (Å²) in [5.74, 6) is -1.37. The molecule has 21 heavy (non-hydrogen) atoms. The number of sulfonamides is 1. The van der Waals surface area contributed by atoms with Gasteiger partial charge < -0.3 is 5.32 Å². The maximum Gasteiger partial charge on any atom is 0.248 e. The van der Waals surface area contributed by atoms with Crippen LogP contribution in [0, 0.1) is 23.5 Å². The van der Waals surface area contributed by atoms with Gasteiger partial charge in [0.25, 0.3) is 0 Å². The van der Waals surface area contributed by atoms with Crippen molar-refractivity contribution in [2.24, 2.45) is 11.8 Å². The van der Waals surface area contributed by atoms with Crippen molar-refractivity contribution < 1.29 is 17.2 Å². The lowest BCUT2D eigenvalue weighted by Gasteiger charge is -2.33. The van der Waals surface area contributed by atoms with Gasteiger partial charge in [-0.1, -0.05) is 6.07 Å². The fraction of sp³-hybridized carbons (Fsp3) is 0.538. The molecule has 0 bridgehead atoms. The summed E-state index contributed by atoms with van der Waals surface area (Å²) in [6.07, 6.45) is 0.729. The van der Waals surface area contributed by atoms with Crippen molar-refractivity contribution in [3.05, 3.63) is 29.8 Å². The highest BCUT2D eigenvalue weighted by Gasteiger charge is 2.39. The van der Waals surface area contributed by atoms with Crippen LogP contribution in [0.25, 0.3) is 0 Å². The van der Waals surface area contributed by atoms with Gasteiger partial charge in [-0.05, 0) is 43.5 Å². The van der Waals surface area contributed by atoms with Crippen LogP contribution in [0.4, 0.5) is 8.78 Å². The summed E-state index contributed by atoms with van der Waals surface area (Å²) in [7, 11) is -4.11. The maximum absolute atomic E-state index is 13.7. The molecule has 1 aromatic carbocycles. The Morgan fingerprint density at radius 1 is 1.14 bits per heavy atom. The number of nitrogens with zero attached hydrogens (tertiary/aromatic N) is 1. The number of fused-ring (bicyclic) bond motifs is 1. The summed E-state index contributed by atoms with van der Waals surface area (Å²) in [5.41, 5.74) is 0. The quantitative estimate of drug-likeness (QED) is 0.891. The minimum atomic E-state index is -4.11. The van der Waals surface area contributed by atoms with Gasteiger partial charge in [0.1, 0.15) is 11.6 Å². The Bertz CT molecular complexity index is 606. The van der Waals surface area contributed by atoms with Crippen molar-refractivity contribution in [2.45, 2.75) is 11.3 Å². The summed E-state index contributed by atoms with van der Waals surface area (Å²) in [4.78, 5) is -0.829. The lowest BCUT2D eigenvalue weighted by atomic mass is 9.90. The van der Waals surface area contributed by atoms with Gasteiger partial charge in [0.05, 0.1) is 0 Å². The molecule has 2 unspecified atom stereocenters. The normalized spacial score (nSPS) is 26.2. The predicted octanol–water partition coefficient (Wildman–Crippen LogP) is 1.62. The highest BCUT2D eigenvalue weighted by molar-refractivity contribution is 7.89. The number of piperidine rings is 1. The van der Waals surface area contributed by atoms with Gasteiger partial charge in [0.2, 0.25) is 10.0 Å². The lowest BCUT2D eigenvalue weighted by Crippen LogP contribution is -2.43. The zero-order chi connectivity index (χ0) is 14.3. The summed E-state index contributed by atoms with van der Waals surface area (Å²) >= 11 is 0. The average molecular weight is 339 g/mol. The molecule has 2 saturated heterocycles. The summed E-state index contributed by atoms with van der Waals surface area (Å²) in [6.45, 7) is 2.30. The molecule has 4 nitrogen and oxygen atoms in total. The molecule has 2 fully saturated rings. The van der Waals surface area contributed by atoms with E-state index in [9.17, 15) is 17.2 Å². The molecule has 118 valence electrons. The summed E-state index contributed by atoms with van der Waals surface area (Å²) < 4.78 is 53.5. The molecule has 0 saturated carbocycles. The van der Waals surface area contributed by atoms with Crippen molar-refractivity contribution in [1.82, 2.24) is 9.62 Å². The molecule has 1 aromatic rings. The Kier molecular flexibility index (Phi) is 4.87. The minimum Gasteiger partial charge on any atom is -0.316 e. The van der Waals surface area contributed by atoms with Gasteiger partial charge in [-0.3, -0.25) is 0 Å². The van der Waals surface area contributed by atoms with E-state index in [0.29, 0.717) is 19.0 Å². The van der Waals surface area contributed by atoms with Gasteiger partial charge in [-0.15, -0.1) is 12.4 Å². The summed E-state index contributed by atoms with van der Waals surface area (Å²) in [6, 6.07) is 3.11. The molecular weight excluding hydrogens is 322 g/mol. The van der Waals surface area contributed by atoms with Gasteiger partial charge in [-0.25, -0.2) is 17.2 Å². The number of nitrogens with one attached hydrogen (secondary N) is 1. The van der Waals surface area contributed by atoms with Gasteiger partial charge in [0.15, 0.2) is 4.90 Å². The minimum absolute atomic E-state index is 0. The van der Waals surface area contributed by atoms with E-state index >= 15 is 0 Å². The second-order valence-electron chi connectivity index (χ2n) is 5.38. The topological polar surface area (TPSA) is 49.4 Å². The SMILES string of the molecule is Cl.O=S(=O)(c1c(F)cccc1F)N1CCC2CNCC2C1. The standard InChI is InChI=1S/C13H16F2N2O2S.ClH/c14-11-2-1-3-12(15)13(11)20(18,19)17-5-4-9-6-16-7-10(9)8-17;/h1-3,9-10,16H,4-8H2;1H. The van der Waals surface area contributed by atoms with E-state index in [-0.39, 0.29) is 18.3 Å². The van der Waals surface area contributed by atoms with Crippen LogP contribution in [-0.4, -0.2) is 38.9 Å². The van der Waals surface area contributed by atoms with E-state index in [1.807, 2.05) is 0 Å².